The van der Waals surface area contributed by atoms with Gasteiger partial charge in [-0.05, 0) is 16.8 Å². The van der Waals surface area contributed by atoms with E-state index in [4.69, 9.17) is 4.55 Å². The van der Waals surface area contributed by atoms with Crippen LogP contribution in [-0.2, 0) is 0 Å². The highest BCUT2D eigenvalue weighted by Crippen LogP contribution is 2.25. The molecule has 0 heterocycles. The number of benzene rings is 2. The van der Waals surface area contributed by atoms with Gasteiger partial charge < -0.3 is 4.55 Å². The molecule has 0 spiro atoms. The molecule has 2 aromatic carbocycles. The molecule has 0 unspecified atom stereocenters. The van der Waals surface area contributed by atoms with Gasteiger partial charge in [-0.3, -0.25) is 0 Å². The molecule has 1 nitrogen and oxygen atoms in total. The smallest absolute Gasteiger partial charge is 0.0429 e. The van der Waals surface area contributed by atoms with Crippen molar-refractivity contribution < 1.29 is 4.55 Å². The molecule has 60 valence electrons. The maximum atomic E-state index is 8.95. The fraction of sp³-hybridized carbons (Fsp3) is 0. The van der Waals surface area contributed by atoms with Crippen molar-refractivity contribution in [3.05, 3.63) is 42.5 Å². The molecule has 0 bridgehead atoms. The molecule has 0 radical (unpaired) electrons. The molecule has 0 aromatic heterocycles. The van der Waals surface area contributed by atoms with Crippen molar-refractivity contribution in [3.63, 3.8) is 0 Å². The summed E-state index contributed by atoms with van der Waals surface area (Å²) in [6.07, 6.45) is 0. The van der Waals surface area contributed by atoms with Crippen LogP contribution in [0.4, 0.5) is 0 Å². The van der Waals surface area contributed by atoms with Crippen LogP contribution in [0.15, 0.2) is 47.4 Å². The Labute approximate surface area is 75.2 Å². The molecule has 0 saturated heterocycles. The van der Waals surface area contributed by atoms with E-state index >= 15 is 0 Å². The van der Waals surface area contributed by atoms with E-state index in [1.165, 1.54) is 0 Å². The van der Waals surface area contributed by atoms with Gasteiger partial charge in [-0.25, -0.2) is 0 Å². The van der Waals surface area contributed by atoms with Gasteiger partial charge in [0, 0.05) is 16.9 Å². The number of rotatable bonds is 1. The molecule has 1 N–H and O–H groups in total. The summed E-state index contributed by atoms with van der Waals surface area (Å²) in [7, 11) is 0. The van der Waals surface area contributed by atoms with Gasteiger partial charge in [-0.15, -0.1) is 0 Å². The van der Waals surface area contributed by atoms with Gasteiger partial charge in [-0.2, -0.15) is 0 Å². The Hall–Kier alpha value is -0.990. The van der Waals surface area contributed by atoms with Crippen LogP contribution in [0.5, 0.6) is 0 Å². The van der Waals surface area contributed by atoms with Crippen molar-refractivity contribution in [2.45, 2.75) is 4.90 Å². The SMILES string of the molecule is OSc1cccc2ccccc12. The minimum atomic E-state index is 0.798. The lowest BCUT2D eigenvalue weighted by atomic mass is 10.1. The first-order valence-corrected chi connectivity index (χ1v) is 4.48. The minimum absolute atomic E-state index is 0.798. The topological polar surface area (TPSA) is 20.2 Å². The van der Waals surface area contributed by atoms with Gasteiger partial charge in [0.05, 0.1) is 0 Å². The van der Waals surface area contributed by atoms with Gasteiger partial charge in [0.15, 0.2) is 0 Å². The van der Waals surface area contributed by atoms with E-state index in [1.54, 1.807) is 0 Å². The van der Waals surface area contributed by atoms with Crippen LogP contribution in [0.25, 0.3) is 10.8 Å². The highest BCUT2D eigenvalue weighted by atomic mass is 32.2. The zero-order chi connectivity index (χ0) is 8.39. The lowest BCUT2D eigenvalue weighted by Crippen LogP contribution is -1.74. The van der Waals surface area contributed by atoms with Crippen molar-refractivity contribution in [2.24, 2.45) is 0 Å². The first-order valence-electron chi connectivity index (χ1n) is 3.71. The third-order valence-electron chi connectivity index (χ3n) is 1.85. The quantitative estimate of drug-likeness (QED) is 0.672. The molecule has 0 fully saturated rings. The average molecular weight is 176 g/mol. The lowest BCUT2D eigenvalue weighted by molar-refractivity contribution is 0.664. The summed E-state index contributed by atoms with van der Waals surface area (Å²) in [5.74, 6) is 0. The predicted molar refractivity (Wildman–Crippen MR) is 52.4 cm³/mol. The van der Waals surface area contributed by atoms with E-state index in [2.05, 4.69) is 0 Å². The largest absolute Gasteiger partial charge is 0.325 e. The van der Waals surface area contributed by atoms with Crippen molar-refractivity contribution in [1.29, 1.82) is 0 Å². The first kappa shape index (κ1) is 7.65. The third-order valence-corrected chi connectivity index (χ3v) is 2.40. The second kappa shape index (κ2) is 3.17. The standard InChI is InChI=1S/C10H8OS/c11-12-10-7-3-5-8-4-1-2-6-9(8)10/h1-7,11H. The Morgan fingerprint density at radius 3 is 2.50 bits per heavy atom. The summed E-state index contributed by atoms with van der Waals surface area (Å²) in [5, 5.41) is 2.27. The fourth-order valence-electron chi connectivity index (χ4n) is 1.28. The zero-order valence-electron chi connectivity index (χ0n) is 6.40. The van der Waals surface area contributed by atoms with E-state index < -0.39 is 0 Å². The van der Waals surface area contributed by atoms with Gasteiger partial charge in [0.25, 0.3) is 0 Å². The summed E-state index contributed by atoms with van der Waals surface area (Å²) in [6.45, 7) is 0. The molecular weight excluding hydrogens is 168 g/mol. The second-order valence-corrected chi connectivity index (χ2v) is 3.19. The maximum absolute atomic E-state index is 8.95. The van der Waals surface area contributed by atoms with Crippen LogP contribution in [-0.4, -0.2) is 4.55 Å². The fourth-order valence-corrected chi connectivity index (χ4v) is 1.70. The maximum Gasteiger partial charge on any atom is 0.0429 e. The van der Waals surface area contributed by atoms with Gasteiger partial charge >= 0.3 is 0 Å². The molecule has 0 amide bonds. The van der Waals surface area contributed by atoms with Crippen molar-refractivity contribution in [1.82, 2.24) is 0 Å². The average Bonchev–Trinajstić information content (AvgIpc) is 2.17. The molecule has 0 atom stereocenters. The molecule has 0 aliphatic heterocycles. The minimum Gasteiger partial charge on any atom is -0.325 e. The van der Waals surface area contributed by atoms with Crippen LogP contribution in [0, 0.1) is 0 Å². The number of hydrogen-bond acceptors (Lipinski definition) is 2. The molecular formula is C10H8OS. The third kappa shape index (κ3) is 1.19. The van der Waals surface area contributed by atoms with Crippen molar-refractivity contribution >= 4 is 22.8 Å². The zero-order valence-corrected chi connectivity index (χ0v) is 7.21. The van der Waals surface area contributed by atoms with Gasteiger partial charge in [-0.1, -0.05) is 36.4 Å². The summed E-state index contributed by atoms with van der Waals surface area (Å²) in [6, 6.07) is 13.9. The van der Waals surface area contributed by atoms with Crippen LogP contribution >= 0.6 is 12.0 Å². The van der Waals surface area contributed by atoms with E-state index in [1.807, 2.05) is 42.5 Å². The van der Waals surface area contributed by atoms with Crippen LogP contribution < -0.4 is 0 Å². The molecule has 0 saturated carbocycles. The Balaban J connectivity index is 2.79. The Morgan fingerprint density at radius 1 is 0.917 bits per heavy atom. The molecule has 0 aliphatic carbocycles. The second-order valence-electron chi connectivity index (χ2n) is 2.57. The molecule has 2 aromatic rings. The summed E-state index contributed by atoms with van der Waals surface area (Å²) >= 11 is 0.798. The Morgan fingerprint density at radius 2 is 1.67 bits per heavy atom. The first-order chi connectivity index (χ1) is 5.92. The number of hydrogen-bond donors (Lipinski definition) is 1. The van der Waals surface area contributed by atoms with Crippen molar-refractivity contribution in [3.8, 4) is 0 Å². The van der Waals surface area contributed by atoms with E-state index in [0.29, 0.717) is 0 Å². The van der Waals surface area contributed by atoms with E-state index in [0.717, 1.165) is 27.7 Å². The van der Waals surface area contributed by atoms with Crippen LogP contribution in [0.1, 0.15) is 0 Å². The van der Waals surface area contributed by atoms with Gasteiger partial charge in [0.1, 0.15) is 0 Å². The Bertz CT molecular complexity index is 392. The number of fused-ring (bicyclic) bond motifs is 1. The highest BCUT2D eigenvalue weighted by molar-refractivity contribution is 7.94. The lowest BCUT2D eigenvalue weighted by Gasteiger charge is -2.00. The summed E-state index contributed by atoms with van der Waals surface area (Å²) in [4.78, 5) is 0.910. The summed E-state index contributed by atoms with van der Waals surface area (Å²) in [5.41, 5.74) is 0. The predicted octanol–water partition coefficient (Wildman–Crippen LogP) is 3.40. The Kier molecular flexibility index (Phi) is 2.02. The van der Waals surface area contributed by atoms with E-state index in [9.17, 15) is 0 Å². The highest BCUT2D eigenvalue weighted by Gasteiger charge is 1.97. The molecule has 12 heavy (non-hydrogen) atoms. The molecule has 0 aliphatic rings. The monoisotopic (exact) mass is 176 g/mol. The normalized spacial score (nSPS) is 10.4. The molecule has 2 rings (SSSR count). The van der Waals surface area contributed by atoms with Crippen LogP contribution in [0.2, 0.25) is 0 Å². The van der Waals surface area contributed by atoms with Crippen LogP contribution in [0.3, 0.4) is 0 Å². The summed E-state index contributed by atoms with van der Waals surface area (Å²) < 4.78 is 8.95. The van der Waals surface area contributed by atoms with E-state index in [-0.39, 0.29) is 0 Å². The van der Waals surface area contributed by atoms with Crippen molar-refractivity contribution in [2.75, 3.05) is 0 Å². The van der Waals surface area contributed by atoms with Gasteiger partial charge in [0.2, 0.25) is 0 Å². The molecule has 2 heteroatoms.